The summed E-state index contributed by atoms with van der Waals surface area (Å²) in [4.78, 5) is 0.265. The van der Waals surface area contributed by atoms with E-state index in [9.17, 15) is 8.42 Å². The fourth-order valence-corrected chi connectivity index (χ4v) is 5.02. The van der Waals surface area contributed by atoms with E-state index in [0.717, 1.165) is 28.7 Å². The van der Waals surface area contributed by atoms with Crippen LogP contribution in [0.2, 0.25) is 0 Å². The third-order valence-corrected chi connectivity index (χ3v) is 6.73. The zero-order chi connectivity index (χ0) is 19.6. The SMILES string of the molecule is C=C1C(c2ccccc2)=C(CC)CN(S(=O)(=O)c2ccc(C)cc2)C1OC. The van der Waals surface area contributed by atoms with Gasteiger partial charge in [-0.15, -0.1) is 0 Å². The van der Waals surface area contributed by atoms with Crippen LogP contribution in [0.4, 0.5) is 0 Å². The van der Waals surface area contributed by atoms with Crippen LogP contribution in [0.15, 0.2) is 77.2 Å². The van der Waals surface area contributed by atoms with Gasteiger partial charge >= 0.3 is 0 Å². The lowest BCUT2D eigenvalue weighted by molar-refractivity contribution is 0.0484. The first-order valence-electron chi connectivity index (χ1n) is 8.98. The molecule has 1 atom stereocenters. The minimum Gasteiger partial charge on any atom is -0.361 e. The van der Waals surface area contributed by atoms with Gasteiger partial charge in [-0.2, -0.15) is 4.31 Å². The number of benzene rings is 2. The van der Waals surface area contributed by atoms with Crippen molar-refractivity contribution >= 4 is 15.6 Å². The Kier molecular flexibility index (Phi) is 5.65. The normalized spacial score (nSPS) is 18.8. The predicted octanol–water partition coefficient (Wildman–Crippen LogP) is 4.39. The van der Waals surface area contributed by atoms with Crippen LogP contribution in [-0.4, -0.2) is 32.6 Å². The molecule has 0 amide bonds. The van der Waals surface area contributed by atoms with E-state index in [0.29, 0.717) is 5.57 Å². The molecule has 0 spiro atoms. The minimum absolute atomic E-state index is 0.265. The van der Waals surface area contributed by atoms with E-state index >= 15 is 0 Å². The van der Waals surface area contributed by atoms with Gasteiger partial charge in [-0.3, -0.25) is 0 Å². The van der Waals surface area contributed by atoms with Crippen LogP contribution in [-0.2, 0) is 14.8 Å². The Hall–Kier alpha value is -2.21. The van der Waals surface area contributed by atoms with Crippen molar-refractivity contribution in [1.82, 2.24) is 4.31 Å². The van der Waals surface area contributed by atoms with E-state index in [1.54, 1.807) is 24.3 Å². The van der Waals surface area contributed by atoms with Crippen molar-refractivity contribution in [3.8, 4) is 0 Å². The van der Waals surface area contributed by atoms with Gasteiger partial charge in [0, 0.05) is 13.7 Å². The molecule has 4 nitrogen and oxygen atoms in total. The minimum atomic E-state index is -3.71. The Morgan fingerprint density at radius 3 is 2.30 bits per heavy atom. The third kappa shape index (κ3) is 3.63. The Morgan fingerprint density at radius 2 is 1.74 bits per heavy atom. The van der Waals surface area contributed by atoms with Gasteiger partial charge in [-0.1, -0.05) is 61.5 Å². The molecule has 5 heteroatoms. The molecule has 3 rings (SSSR count). The maximum atomic E-state index is 13.3. The molecule has 0 aromatic heterocycles. The first-order chi connectivity index (χ1) is 12.9. The van der Waals surface area contributed by atoms with Crippen molar-refractivity contribution in [2.75, 3.05) is 13.7 Å². The molecule has 142 valence electrons. The van der Waals surface area contributed by atoms with Gasteiger partial charge in [0.2, 0.25) is 10.0 Å². The number of aryl methyl sites for hydroxylation is 1. The molecule has 27 heavy (non-hydrogen) atoms. The number of ether oxygens (including phenoxy) is 1. The molecule has 1 heterocycles. The zero-order valence-corrected chi connectivity index (χ0v) is 16.8. The Balaban J connectivity index is 2.10. The quantitative estimate of drug-likeness (QED) is 0.769. The fourth-order valence-electron chi connectivity index (χ4n) is 3.47. The highest BCUT2D eigenvalue weighted by molar-refractivity contribution is 7.89. The lowest BCUT2D eigenvalue weighted by Gasteiger charge is -2.38. The molecule has 0 saturated carbocycles. The van der Waals surface area contributed by atoms with Gasteiger partial charge in [0.05, 0.1) is 4.90 Å². The number of hydrogen-bond acceptors (Lipinski definition) is 3. The summed E-state index contributed by atoms with van der Waals surface area (Å²) in [6.45, 7) is 8.46. The van der Waals surface area contributed by atoms with Crippen molar-refractivity contribution in [1.29, 1.82) is 0 Å². The van der Waals surface area contributed by atoms with Crippen LogP contribution < -0.4 is 0 Å². The molecule has 1 aliphatic heterocycles. The Morgan fingerprint density at radius 1 is 1.11 bits per heavy atom. The summed E-state index contributed by atoms with van der Waals surface area (Å²) in [5, 5.41) is 0. The van der Waals surface area contributed by atoms with Gasteiger partial charge in [-0.05, 0) is 47.8 Å². The first kappa shape index (κ1) is 19.5. The molecule has 0 aliphatic carbocycles. The molecule has 0 bridgehead atoms. The molecule has 2 aromatic carbocycles. The number of nitrogens with zero attached hydrogens (tertiary/aromatic N) is 1. The van der Waals surface area contributed by atoms with Crippen LogP contribution in [0.1, 0.15) is 24.5 Å². The second-order valence-electron chi connectivity index (χ2n) is 6.67. The van der Waals surface area contributed by atoms with Crippen LogP contribution in [0.3, 0.4) is 0 Å². The van der Waals surface area contributed by atoms with E-state index in [2.05, 4.69) is 6.58 Å². The Bertz CT molecular complexity index is 960. The number of rotatable bonds is 5. The Labute approximate surface area is 161 Å². The van der Waals surface area contributed by atoms with Crippen LogP contribution in [0, 0.1) is 6.92 Å². The molecule has 0 radical (unpaired) electrons. The average Bonchev–Trinajstić information content (AvgIpc) is 2.68. The van der Waals surface area contributed by atoms with E-state index in [-0.39, 0.29) is 11.4 Å². The molecular formula is C22H25NO3S. The van der Waals surface area contributed by atoms with Gasteiger partial charge in [0.15, 0.2) is 0 Å². The lowest BCUT2D eigenvalue weighted by atomic mass is 9.89. The summed E-state index contributed by atoms with van der Waals surface area (Å²) < 4.78 is 33.6. The van der Waals surface area contributed by atoms with Gasteiger partial charge < -0.3 is 4.74 Å². The second-order valence-corrected chi connectivity index (χ2v) is 8.57. The second kappa shape index (κ2) is 7.80. The van der Waals surface area contributed by atoms with Crippen molar-refractivity contribution in [2.45, 2.75) is 31.4 Å². The molecule has 0 N–H and O–H groups in total. The summed E-state index contributed by atoms with van der Waals surface area (Å²) in [5.74, 6) is 0. The van der Waals surface area contributed by atoms with Gasteiger partial charge in [0.1, 0.15) is 6.23 Å². The van der Waals surface area contributed by atoms with Crippen molar-refractivity contribution in [3.63, 3.8) is 0 Å². The van der Waals surface area contributed by atoms with Crippen molar-refractivity contribution in [3.05, 3.63) is 83.4 Å². The van der Waals surface area contributed by atoms with E-state index in [1.165, 1.54) is 11.4 Å². The summed E-state index contributed by atoms with van der Waals surface area (Å²) in [6, 6.07) is 16.8. The summed E-state index contributed by atoms with van der Waals surface area (Å²) in [5.41, 5.74) is 4.76. The largest absolute Gasteiger partial charge is 0.361 e. The standard InChI is InChI=1S/C22H25NO3S/c1-5-18-15-23(27(24,25)20-13-11-16(2)12-14-20)22(26-4)17(3)21(18)19-9-7-6-8-10-19/h6-14,22H,3,5,15H2,1-2,4H3. The van der Waals surface area contributed by atoms with E-state index < -0.39 is 16.3 Å². The molecule has 2 aromatic rings. The van der Waals surface area contributed by atoms with Crippen LogP contribution >= 0.6 is 0 Å². The predicted molar refractivity (Wildman–Crippen MR) is 109 cm³/mol. The van der Waals surface area contributed by atoms with Gasteiger partial charge in [0.25, 0.3) is 0 Å². The molecule has 1 aliphatic rings. The highest BCUT2D eigenvalue weighted by Crippen LogP contribution is 2.38. The zero-order valence-electron chi connectivity index (χ0n) is 16.0. The lowest BCUT2D eigenvalue weighted by Crippen LogP contribution is -2.46. The number of methoxy groups -OCH3 is 1. The van der Waals surface area contributed by atoms with Crippen LogP contribution in [0.25, 0.3) is 5.57 Å². The third-order valence-electron chi connectivity index (χ3n) is 4.92. The molecule has 1 unspecified atom stereocenters. The van der Waals surface area contributed by atoms with Crippen molar-refractivity contribution < 1.29 is 13.2 Å². The van der Waals surface area contributed by atoms with E-state index in [4.69, 9.17) is 4.74 Å². The van der Waals surface area contributed by atoms with Crippen LogP contribution in [0.5, 0.6) is 0 Å². The molecule has 0 saturated heterocycles. The smallest absolute Gasteiger partial charge is 0.245 e. The van der Waals surface area contributed by atoms with Gasteiger partial charge in [-0.25, -0.2) is 8.42 Å². The highest BCUT2D eigenvalue weighted by Gasteiger charge is 2.39. The molecular weight excluding hydrogens is 358 g/mol. The first-order valence-corrected chi connectivity index (χ1v) is 10.4. The topological polar surface area (TPSA) is 46.6 Å². The number of sulfonamides is 1. The number of hydrogen-bond donors (Lipinski definition) is 0. The average molecular weight is 384 g/mol. The maximum Gasteiger partial charge on any atom is 0.245 e. The monoisotopic (exact) mass is 383 g/mol. The van der Waals surface area contributed by atoms with E-state index in [1.807, 2.05) is 44.2 Å². The molecule has 0 fully saturated rings. The summed E-state index contributed by atoms with van der Waals surface area (Å²) in [6.07, 6.45) is 0.00128. The fraction of sp³-hybridized carbons (Fsp3) is 0.273. The summed E-state index contributed by atoms with van der Waals surface area (Å²) >= 11 is 0. The van der Waals surface area contributed by atoms with Crippen molar-refractivity contribution in [2.24, 2.45) is 0 Å². The highest BCUT2D eigenvalue weighted by atomic mass is 32.2. The maximum absolute atomic E-state index is 13.3. The summed E-state index contributed by atoms with van der Waals surface area (Å²) in [7, 11) is -2.19.